The first-order valence-electron chi connectivity index (χ1n) is 8.69. The number of nitrogens with zero attached hydrogens (tertiary/aromatic N) is 3. The van der Waals surface area contributed by atoms with Gasteiger partial charge in [-0.3, -0.25) is 0 Å². The molecule has 5 heteroatoms. The van der Waals surface area contributed by atoms with Gasteiger partial charge in [0.25, 0.3) is 0 Å². The zero-order valence-corrected chi connectivity index (χ0v) is 14.3. The number of benzene rings is 1. The Morgan fingerprint density at radius 3 is 2.62 bits per heavy atom. The number of para-hydroxylation sites is 1. The Morgan fingerprint density at radius 2 is 1.88 bits per heavy atom. The van der Waals surface area contributed by atoms with E-state index in [2.05, 4.69) is 22.2 Å². The molecule has 24 heavy (non-hydrogen) atoms. The molecular weight excluding hydrogens is 300 g/mol. The third-order valence-corrected chi connectivity index (χ3v) is 5.47. The molecular formula is C19H24N4O. The molecule has 2 unspecified atom stereocenters. The number of ether oxygens (including phenoxy) is 1. The van der Waals surface area contributed by atoms with E-state index in [1.807, 2.05) is 36.5 Å². The van der Waals surface area contributed by atoms with Crippen LogP contribution in [0.4, 0.5) is 5.95 Å². The van der Waals surface area contributed by atoms with Crippen LogP contribution in [0.25, 0.3) is 11.3 Å². The topological polar surface area (TPSA) is 50.3 Å². The average molecular weight is 324 g/mol. The van der Waals surface area contributed by atoms with Gasteiger partial charge in [0, 0.05) is 29.9 Å². The van der Waals surface area contributed by atoms with Crippen LogP contribution in [0.3, 0.4) is 0 Å². The lowest BCUT2D eigenvalue weighted by atomic mass is 9.98. The zero-order valence-electron chi connectivity index (χ0n) is 14.3. The molecule has 1 aromatic carbocycles. The molecule has 1 N–H and O–H groups in total. The summed E-state index contributed by atoms with van der Waals surface area (Å²) in [5.74, 6) is 1.55. The number of piperidine rings is 1. The highest BCUT2D eigenvalue weighted by molar-refractivity contribution is 5.67. The van der Waals surface area contributed by atoms with Crippen molar-refractivity contribution < 1.29 is 4.74 Å². The van der Waals surface area contributed by atoms with Crippen molar-refractivity contribution in [3.8, 4) is 17.0 Å². The van der Waals surface area contributed by atoms with E-state index in [4.69, 9.17) is 9.72 Å². The number of anilines is 1. The van der Waals surface area contributed by atoms with Crippen LogP contribution < -0.4 is 10.1 Å². The molecule has 0 radical (unpaired) electrons. The Kier molecular flexibility index (Phi) is 4.10. The van der Waals surface area contributed by atoms with E-state index in [0.29, 0.717) is 24.1 Å². The summed E-state index contributed by atoms with van der Waals surface area (Å²) in [4.78, 5) is 11.7. The first-order valence-corrected chi connectivity index (χ1v) is 8.69. The van der Waals surface area contributed by atoms with Gasteiger partial charge in [-0.25, -0.2) is 9.97 Å². The summed E-state index contributed by atoms with van der Waals surface area (Å²) in [6.07, 6.45) is 6.81. The van der Waals surface area contributed by atoms with Crippen LogP contribution in [0, 0.1) is 0 Å². The largest absolute Gasteiger partial charge is 0.496 e. The van der Waals surface area contributed by atoms with Crippen molar-refractivity contribution in [3.63, 3.8) is 0 Å². The maximum absolute atomic E-state index is 5.45. The molecule has 126 valence electrons. The van der Waals surface area contributed by atoms with Gasteiger partial charge in [0.2, 0.25) is 5.95 Å². The Morgan fingerprint density at radius 1 is 1.12 bits per heavy atom. The minimum atomic E-state index is 0.464. The second-order valence-electron chi connectivity index (χ2n) is 6.83. The van der Waals surface area contributed by atoms with E-state index in [0.717, 1.165) is 17.0 Å². The summed E-state index contributed by atoms with van der Waals surface area (Å²) in [6, 6.07) is 11.8. The lowest BCUT2D eigenvalue weighted by molar-refractivity contribution is 0.168. The highest BCUT2D eigenvalue weighted by Crippen LogP contribution is 2.35. The van der Waals surface area contributed by atoms with Crippen molar-refractivity contribution >= 4 is 5.95 Å². The first-order chi connectivity index (χ1) is 11.7. The number of rotatable bonds is 4. The number of aromatic nitrogens is 2. The maximum atomic E-state index is 5.45. The summed E-state index contributed by atoms with van der Waals surface area (Å²) >= 11 is 0. The SMILES string of the molecule is COc1ccccc1-c1ccnc(NC2CC3CCC(C2)N3C)n1. The van der Waals surface area contributed by atoms with Gasteiger partial charge in [0.05, 0.1) is 12.8 Å². The van der Waals surface area contributed by atoms with E-state index < -0.39 is 0 Å². The lowest BCUT2D eigenvalue weighted by Crippen LogP contribution is -2.44. The second kappa shape index (κ2) is 6.40. The van der Waals surface area contributed by atoms with Gasteiger partial charge >= 0.3 is 0 Å². The third kappa shape index (κ3) is 2.84. The van der Waals surface area contributed by atoms with E-state index in [-0.39, 0.29) is 0 Å². The Bertz CT molecular complexity index is 706. The van der Waals surface area contributed by atoms with Crippen molar-refractivity contribution in [3.05, 3.63) is 36.5 Å². The number of fused-ring (bicyclic) bond motifs is 2. The maximum Gasteiger partial charge on any atom is 0.223 e. The van der Waals surface area contributed by atoms with Crippen molar-refractivity contribution in [1.82, 2.24) is 14.9 Å². The van der Waals surface area contributed by atoms with Gasteiger partial charge in [-0.05, 0) is 50.9 Å². The van der Waals surface area contributed by atoms with Crippen molar-refractivity contribution in [2.24, 2.45) is 0 Å². The normalized spacial score (nSPS) is 26.3. The molecule has 2 aliphatic rings. The fourth-order valence-electron chi connectivity index (χ4n) is 4.15. The van der Waals surface area contributed by atoms with E-state index in [1.54, 1.807) is 7.11 Å². The average Bonchev–Trinajstić information content (AvgIpc) is 2.83. The van der Waals surface area contributed by atoms with Crippen LogP contribution in [0.2, 0.25) is 0 Å². The number of methoxy groups -OCH3 is 1. The molecule has 4 rings (SSSR count). The minimum Gasteiger partial charge on any atom is -0.496 e. The standard InChI is InChI=1S/C19H24N4O/c1-23-14-7-8-15(23)12-13(11-14)21-19-20-10-9-17(22-19)16-5-3-4-6-18(16)24-2/h3-6,9-10,13-15H,7-8,11-12H2,1-2H3,(H,20,21,22). The molecule has 5 nitrogen and oxygen atoms in total. The molecule has 2 aromatic rings. The van der Waals surface area contributed by atoms with Crippen LogP contribution in [0.15, 0.2) is 36.5 Å². The minimum absolute atomic E-state index is 0.464. The van der Waals surface area contributed by atoms with Crippen molar-refractivity contribution in [2.45, 2.75) is 43.8 Å². The molecule has 0 amide bonds. The number of hydrogen-bond acceptors (Lipinski definition) is 5. The Balaban J connectivity index is 1.53. The van der Waals surface area contributed by atoms with E-state index >= 15 is 0 Å². The molecule has 0 spiro atoms. The molecule has 3 heterocycles. The highest BCUT2D eigenvalue weighted by Gasteiger charge is 2.38. The van der Waals surface area contributed by atoms with E-state index in [9.17, 15) is 0 Å². The number of nitrogens with one attached hydrogen (secondary N) is 1. The third-order valence-electron chi connectivity index (χ3n) is 5.47. The van der Waals surface area contributed by atoms with Gasteiger partial charge in [-0.15, -0.1) is 0 Å². The molecule has 2 atom stereocenters. The van der Waals surface area contributed by atoms with Crippen molar-refractivity contribution in [2.75, 3.05) is 19.5 Å². The fraction of sp³-hybridized carbons (Fsp3) is 0.474. The lowest BCUT2D eigenvalue weighted by Gasteiger charge is -2.36. The molecule has 0 aliphatic carbocycles. The molecule has 2 saturated heterocycles. The van der Waals surface area contributed by atoms with E-state index in [1.165, 1.54) is 25.7 Å². The summed E-state index contributed by atoms with van der Waals surface area (Å²) in [6.45, 7) is 0. The fourth-order valence-corrected chi connectivity index (χ4v) is 4.15. The molecule has 0 saturated carbocycles. The quantitative estimate of drug-likeness (QED) is 0.936. The second-order valence-corrected chi connectivity index (χ2v) is 6.83. The summed E-state index contributed by atoms with van der Waals surface area (Å²) in [7, 11) is 3.95. The van der Waals surface area contributed by atoms with Crippen LogP contribution >= 0.6 is 0 Å². The molecule has 2 aliphatic heterocycles. The first kappa shape index (κ1) is 15.4. The predicted molar refractivity (Wildman–Crippen MR) is 95.2 cm³/mol. The molecule has 2 fully saturated rings. The van der Waals surface area contributed by atoms with Gasteiger partial charge in [0.1, 0.15) is 5.75 Å². The van der Waals surface area contributed by atoms with Crippen LogP contribution in [0.5, 0.6) is 5.75 Å². The van der Waals surface area contributed by atoms with Crippen molar-refractivity contribution in [1.29, 1.82) is 0 Å². The van der Waals surface area contributed by atoms with Gasteiger partial charge in [0.15, 0.2) is 0 Å². The van der Waals surface area contributed by atoms with Gasteiger partial charge < -0.3 is 15.0 Å². The van der Waals surface area contributed by atoms with Crippen LogP contribution in [-0.4, -0.2) is 47.2 Å². The van der Waals surface area contributed by atoms with Crippen LogP contribution in [0.1, 0.15) is 25.7 Å². The molecule has 2 bridgehead atoms. The Hall–Kier alpha value is -2.14. The highest BCUT2D eigenvalue weighted by atomic mass is 16.5. The summed E-state index contributed by atoms with van der Waals surface area (Å²) in [5.41, 5.74) is 1.88. The van der Waals surface area contributed by atoms with Crippen LogP contribution in [-0.2, 0) is 0 Å². The Labute approximate surface area is 143 Å². The summed E-state index contributed by atoms with van der Waals surface area (Å²) in [5, 5.41) is 3.56. The van der Waals surface area contributed by atoms with Gasteiger partial charge in [-0.2, -0.15) is 0 Å². The monoisotopic (exact) mass is 324 g/mol. The predicted octanol–water partition coefficient (Wildman–Crippen LogP) is 3.19. The summed E-state index contributed by atoms with van der Waals surface area (Å²) < 4.78 is 5.45. The number of hydrogen-bond donors (Lipinski definition) is 1. The molecule has 1 aromatic heterocycles. The van der Waals surface area contributed by atoms with Gasteiger partial charge in [-0.1, -0.05) is 12.1 Å². The smallest absolute Gasteiger partial charge is 0.223 e. The zero-order chi connectivity index (χ0) is 16.5.